The van der Waals surface area contributed by atoms with E-state index in [9.17, 15) is 4.79 Å². The van der Waals surface area contributed by atoms with Crippen molar-refractivity contribution in [3.8, 4) is 0 Å². The summed E-state index contributed by atoms with van der Waals surface area (Å²) < 4.78 is 0. The van der Waals surface area contributed by atoms with Gasteiger partial charge in [-0.3, -0.25) is 4.79 Å². The van der Waals surface area contributed by atoms with E-state index in [0.717, 1.165) is 32.0 Å². The number of hydrogen-bond acceptors (Lipinski definition) is 3. The lowest BCUT2D eigenvalue weighted by Crippen LogP contribution is -2.56. The highest BCUT2D eigenvalue weighted by atomic mass is 16.1. The van der Waals surface area contributed by atoms with E-state index in [1.807, 2.05) is 20.8 Å². The fourth-order valence-electron chi connectivity index (χ4n) is 2.58. The van der Waals surface area contributed by atoms with Crippen molar-refractivity contribution in [1.82, 2.24) is 10.2 Å². The zero-order valence-corrected chi connectivity index (χ0v) is 14.3. The van der Waals surface area contributed by atoms with E-state index in [-0.39, 0.29) is 11.9 Å². The van der Waals surface area contributed by atoms with Gasteiger partial charge in [0.2, 0.25) is 5.91 Å². The van der Waals surface area contributed by atoms with Crippen LogP contribution in [-0.2, 0) is 4.79 Å². The van der Waals surface area contributed by atoms with Crippen molar-refractivity contribution in [1.29, 1.82) is 0 Å². The molecule has 3 N–H and O–H groups in total. The molecule has 0 saturated carbocycles. The monoisotopic (exact) mass is 285 g/mol. The molecule has 0 radical (unpaired) electrons. The summed E-state index contributed by atoms with van der Waals surface area (Å²) in [7, 11) is 0. The van der Waals surface area contributed by atoms with Gasteiger partial charge in [0.05, 0.1) is 5.54 Å². The minimum absolute atomic E-state index is 0.251. The van der Waals surface area contributed by atoms with Gasteiger partial charge in [0, 0.05) is 19.1 Å². The first-order chi connectivity index (χ1) is 9.28. The molecule has 120 valence electrons. The van der Waals surface area contributed by atoms with Gasteiger partial charge in [-0.05, 0) is 39.7 Å². The largest absolute Gasteiger partial charge is 0.368 e. The molecule has 0 saturated heterocycles. The molecular formula is C16H35N3O. The lowest BCUT2D eigenvalue weighted by atomic mass is 9.95. The van der Waals surface area contributed by atoms with Gasteiger partial charge in [-0.25, -0.2) is 0 Å². The van der Waals surface area contributed by atoms with Crippen LogP contribution in [0.25, 0.3) is 0 Å². The highest BCUT2D eigenvalue weighted by molar-refractivity contribution is 5.84. The molecule has 0 aliphatic carbocycles. The van der Waals surface area contributed by atoms with Crippen LogP contribution in [0.3, 0.4) is 0 Å². The first-order valence-electron chi connectivity index (χ1n) is 8.08. The smallest absolute Gasteiger partial charge is 0.237 e. The van der Waals surface area contributed by atoms with Crippen LogP contribution in [-0.4, -0.2) is 42.0 Å². The first kappa shape index (κ1) is 19.4. The minimum atomic E-state index is -0.616. The second-order valence-electron chi connectivity index (χ2n) is 6.32. The van der Waals surface area contributed by atoms with Crippen molar-refractivity contribution >= 4 is 5.91 Å². The van der Waals surface area contributed by atoms with Crippen LogP contribution in [0.2, 0.25) is 0 Å². The van der Waals surface area contributed by atoms with Crippen LogP contribution >= 0.6 is 0 Å². The highest BCUT2D eigenvalue weighted by Crippen LogP contribution is 2.14. The number of nitrogens with two attached hydrogens (primary N) is 1. The fraction of sp³-hybridized carbons (Fsp3) is 0.938. The number of nitrogens with one attached hydrogen (secondary N) is 1. The van der Waals surface area contributed by atoms with E-state index < -0.39 is 5.54 Å². The Labute approximate surface area is 125 Å². The van der Waals surface area contributed by atoms with Crippen molar-refractivity contribution in [3.63, 3.8) is 0 Å². The van der Waals surface area contributed by atoms with Gasteiger partial charge in [-0.15, -0.1) is 0 Å². The van der Waals surface area contributed by atoms with Gasteiger partial charge in [-0.2, -0.15) is 0 Å². The van der Waals surface area contributed by atoms with Gasteiger partial charge >= 0.3 is 0 Å². The molecule has 20 heavy (non-hydrogen) atoms. The van der Waals surface area contributed by atoms with Crippen molar-refractivity contribution in [2.75, 3.05) is 19.6 Å². The quantitative estimate of drug-likeness (QED) is 0.613. The summed E-state index contributed by atoms with van der Waals surface area (Å²) >= 11 is 0. The maximum atomic E-state index is 11.7. The summed E-state index contributed by atoms with van der Waals surface area (Å²) in [5, 5.41) is 3.32. The van der Waals surface area contributed by atoms with E-state index in [1.165, 1.54) is 12.8 Å². The van der Waals surface area contributed by atoms with Crippen LogP contribution in [0.1, 0.15) is 60.8 Å². The van der Waals surface area contributed by atoms with Crippen LogP contribution < -0.4 is 11.1 Å². The summed E-state index contributed by atoms with van der Waals surface area (Å²) in [4.78, 5) is 14.2. The predicted octanol–water partition coefficient (Wildman–Crippen LogP) is 2.38. The Balaban J connectivity index is 4.54. The van der Waals surface area contributed by atoms with E-state index in [4.69, 9.17) is 5.73 Å². The average molecular weight is 285 g/mol. The number of rotatable bonds is 11. The van der Waals surface area contributed by atoms with Crippen LogP contribution in [0, 0.1) is 5.92 Å². The summed E-state index contributed by atoms with van der Waals surface area (Å²) in [6.07, 6.45) is 3.18. The molecule has 0 aromatic heterocycles. The maximum Gasteiger partial charge on any atom is 0.237 e. The second-order valence-corrected chi connectivity index (χ2v) is 6.32. The minimum Gasteiger partial charge on any atom is -0.368 e. The molecule has 0 aromatic carbocycles. The van der Waals surface area contributed by atoms with Crippen molar-refractivity contribution in [3.05, 3.63) is 0 Å². The van der Waals surface area contributed by atoms with E-state index in [1.54, 1.807) is 0 Å². The predicted molar refractivity (Wildman–Crippen MR) is 86.7 cm³/mol. The summed E-state index contributed by atoms with van der Waals surface area (Å²) in [5.41, 5.74) is 4.97. The summed E-state index contributed by atoms with van der Waals surface area (Å²) in [6.45, 7) is 15.7. The molecule has 0 rings (SSSR count). The molecule has 0 aliphatic heterocycles. The molecule has 1 atom stereocenters. The summed E-state index contributed by atoms with van der Waals surface area (Å²) in [5.74, 6) is 0.484. The summed E-state index contributed by atoms with van der Waals surface area (Å²) in [6, 6.07) is 0.251. The lowest BCUT2D eigenvalue weighted by Gasteiger charge is -2.33. The van der Waals surface area contributed by atoms with E-state index in [0.29, 0.717) is 0 Å². The van der Waals surface area contributed by atoms with Gasteiger partial charge in [0.15, 0.2) is 0 Å². The lowest BCUT2D eigenvalue weighted by molar-refractivity contribution is -0.124. The number of primary amides is 1. The molecule has 0 spiro atoms. The Hall–Kier alpha value is -0.610. The molecule has 0 heterocycles. The number of nitrogens with zero attached hydrogens (tertiary/aromatic N) is 1. The van der Waals surface area contributed by atoms with Crippen molar-refractivity contribution < 1.29 is 4.79 Å². The van der Waals surface area contributed by atoms with Gasteiger partial charge in [0.1, 0.15) is 0 Å². The van der Waals surface area contributed by atoms with Crippen molar-refractivity contribution in [2.24, 2.45) is 11.7 Å². The second kappa shape index (κ2) is 9.35. The topological polar surface area (TPSA) is 58.4 Å². The standard InChI is InChI=1S/C16H35N3O/c1-7-14(8-2)12-19(9-3)11-10-16(6,15(17)20)18-13(4)5/h13-14,18H,7-12H2,1-6H3,(H2,17,20). The third-order valence-corrected chi connectivity index (χ3v) is 4.20. The van der Waals surface area contributed by atoms with E-state index >= 15 is 0 Å². The van der Waals surface area contributed by atoms with E-state index in [2.05, 4.69) is 31.0 Å². The molecule has 0 aromatic rings. The normalized spacial score (nSPS) is 15.1. The Morgan fingerprint density at radius 3 is 2.15 bits per heavy atom. The Morgan fingerprint density at radius 2 is 1.80 bits per heavy atom. The Bertz CT molecular complexity index is 277. The molecule has 4 heteroatoms. The highest BCUT2D eigenvalue weighted by Gasteiger charge is 2.31. The zero-order valence-electron chi connectivity index (χ0n) is 14.3. The maximum absolute atomic E-state index is 11.7. The Kier molecular flexibility index (Phi) is 9.06. The molecular weight excluding hydrogens is 250 g/mol. The molecule has 0 fully saturated rings. The molecule has 4 nitrogen and oxygen atoms in total. The first-order valence-corrected chi connectivity index (χ1v) is 8.08. The molecule has 0 bridgehead atoms. The van der Waals surface area contributed by atoms with Gasteiger partial charge in [-0.1, -0.05) is 33.6 Å². The van der Waals surface area contributed by atoms with Crippen LogP contribution in [0.4, 0.5) is 0 Å². The number of carbonyl (C=O) groups is 1. The zero-order chi connectivity index (χ0) is 15.8. The molecule has 1 unspecified atom stereocenters. The third kappa shape index (κ3) is 6.71. The van der Waals surface area contributed by atoms with Gasteiger partial charge in [0.25, 0.3) is 0 Å². The van der Waals surface area contributed by atoms with Crippen LogP contribution in [0.5, 0.6) is 0 Å². The SMILES string of the molecule is CCC(CC)CN(CC)CCC(C)(NC(C)C)C(N)=O. The fourth-order valence-corrected chi connectivity index (χ4v) is 2.58. The number of amides is 1. The van der Waals surface area contributed by atoms with Crippen LogP contribution in [0.15, 0.2) is 0 Å². The molecule has 0 aliphatic rings. The average Bonchev–Trinajstić information content (AvgIpc) is 2.38. The molecule has 1 amide bonds. The number of carbonyl (C=O) groups excluding carboxylic acids is 1. The van der Waals surface area contributed by atoms with Gasteiger partial charge < -0.3 is 16.0 Å². The number of hydrogen-bond donors (Lipinski definition) is 2. The van der Waals surface area contributed by atoms with Crippen molar-refractivity contribution in [2.45, 2.75) is 72.4 Å². The Morgan fingerprint density at radius 1 is 1.25 bits per heavy atom. The third-order valence-electron chi connectivity index (χ3n) is 4.20.